The summed E-state index contributed by atoms with van der Waals surface area (Å²) in [7, 11) is 1.49. The topological polar surface area (TPSA) is 98.7 Å². The number of hydrogen-bond donors (Lipinski definition) is 3. The van der Waals surface area contributed by atoms with E-state index in [1.54, 1.807) is 0 Å². The minimum atomic E-state index is -1.22. The van der Waals surface area contributed by atoms with E-state index < -0.39 is 12.0 Å². The van der Waals surface area contributed by atoms with E-state index in [4.69, 9.17) is 11.5 Å². The summed E-state index contributed by atoms with van der Waals surface area (Å²) in [5, 5.41) is 14.1. The molecule has 0 aliphatic carbocycles. The molecule has 0 aromatic heterocycles. The third kappa shape index (κ3) is 4.54. The summed E-state index contributed by atoms with van der Waals surface area (Å²) in [4.78, 5) is 35.2. The number of amides is 3. The van der Waals surface area contributed by atoms with E-state index >= 15 is 0 Å². The standard InChI is InChI=1S/C14H15N3O4/c1-4-7-17(3)14(21)16-12-6-5-10(15-9(2)18)8-11(12)13(19)20/h1,5-6,8H,7H2,2-3H3,(H,15,18)(H,16,21)(H,19,20). The Bertz CT molecular complexity index is 619. The molecular formula is C14H15N3O4. The van der Waals surface area contributed by atoms with Crippen LogP contribution >= 0.6 is 0 Å². The number of carbonyl (C=O) groups excluding carboxylic acids is 2. The van der Waals surface area contributed by atoms with Gasteiger partial charge in [-0.2, -0.15) is 0 Å². The van der Waals surface area contributed by atoms with Crippen LogP contribution in [0.4, 0.5) is 16.2 Å². The molecule has 0 fully saturated rings. The number of aromatic carboxylic acids is 1. The number of carboxylic acid groups (broad SMARTS) is 1. The number of terminal acetylenes is 1. The van der Waals surface area contributed by atoms with Crippen LogP contribution in [-0.4, -0.2) is 41.5 Å². The van der Waals surface area contributed by atoms with E-state index in [-0.39, 0.29) is 23.7 Å². The van der Waals surface area contributed by atoms with Crippen LogP contribution in [0, 0.1) is 12.3 Å². The van der Waals surface area contributed by atoms with Gasteiger partial charge in [0.2, 0.25) is 5.91 Å². The molecule has 3 N–H and O–H groups in total. The fourth-order valence-corrected chi connectivity index (χ4v) is 1.53. The maximum atomic E-state index is 11.8. The van der Waals surface area contributed by atoms with Gasteiger partial charge in [-0.05, 0) is 18.2 Å². The second kappa shape index (κ2) is 6.96. The van der Waals surface area contributed by atoms with Gasteiger partial charge < -0.3 is 20.6 Å². The van der Waals surface area contributed by atoms with Crippen molar-refractivity contribution in [2.75, 3.05) is 24.2 Å². The Morgan fingerprint density at radius 2 is 2.00 bits per heavy atom. The monoisotopic (exact) mass is 289 g/mol. The van der Waals surface area contributed by atoms with Crippen LogP contribution in [0.1, 0.15) is 17.3 Å². The first-order valence-corrected chi connectivity index (χ1v) is 5.95. The van der Waals surface area contributed by atoms with Gasteiger partial charge in [0, 0.05) is 19.7 Å². The second-order valence-electron chi connectivity index (χ2n) is 4.24. The highest BCUT2D eigenvalue weighted by Crippen LogP contribution is 2.21. The predicted molar refractivity (Wildman–Crippen MR) is 78.2 cm³/mol. The molecule has 1 aromatic rings. The van der Waals surface area contributed by atoms with Crippen LogP contribution in [0.3, 0.4) is 0 Å². The average Bonchev–Trinajstić information content (AvgIpc) is 2.39. The zero-order valence-corrected chi connectivity index (χ0v) is 11.6. The lowest BCUT2D eigenvalue weighted by molar-refractivity contribution is -0.114. The van der Waals surface area contributed by atoms with Gasteiger partial charge in [-0.15, -0.1) is 6.42 Å². The van der Waals surface area contributed by atoms with Gasteiger partial charge >= 0.3 is 12.0 Å². The third-order valence-corrected chi connectivity index (χ3v) is 2.49. The van der Waals surface area contributed by atoms with Crippen LogP contribution in [-0.2, 0) is 4.79 Å². The highest BCUT2D eigenvalue weighted by atomic mass is 16.4. The molecule has 0 aliphatic rings. The first-order valence-electron chi connectivity index (χ1n) is 5.95. The van der Waals surface area contributed by atoms with Gasteiger partial charge in [0.05, 0.1) is 17.8 Å². The van der Waals surface area contributed by atoms with Crippen molar-refractivity contribution in [1.82, 2.24) is 4.90 Å². The minimum Gasteiger partial charge on any atom is -0.478 e. The van der Waals surface area contributed by atoms with Crippen molar-refractivity contribution >= 4 is 29.3 Å². The third-order valence-electron chi connectivity index (χ3n) is 2.49. The lowest BCUT2D eigenvalue weighted by atomic mass is 10.1. The highest BCUT2D eigenvalue weighted by molar-refractivity contribution is 6.01. The molecule has 3 amide bonds. The zero-order valence-electron chi connectivity index (χ0n) is 11.6. The van der Waals surface area contributed by atoms with Crippen LogP contribution in [0.2, 0.25) is 0 Å². The second-order valence-corrected chi connectivity index (χ2v) is 4.24. The van der Waals surface area contributed by atoms with E-state index in [0.29, 0.717) is 5.69 Å². The fourth-order valence-electron chi connectivity index (χ4n) is 1.53. The first kappa shape index (κ1) is 16.0. The van der Waals surface area contributed by atoms with Crippen molar-refractivity contribution in [3.8, 4) is 12.3 Å². The molecule has 0 bridgehead atoms. The van der Waals surface area contributed by atoms with Crippen molar-refractivity contribution < 1.29 is 19.5 Å². The summed E-state index contributed by atoms with van der Waals surface area (Å²) >= 11 is 0. The Morgan fingerprint density at radius 1 is 1.33 bits per heavy atom. The maximum absolute atomic E-state index is 11.8. The Labute approximate surface area is 121 Å². The molecule has 0 radical (unpaired) electrons. The molecule has 0 aliphatic heterocycles. The molecular weight excluding hydrogens is 274 g/mol. The van der Waals surface area contributed by atoms with Crippen LogP contribution in [0.25, 0.3) is 0 Å². The van der Waals surface area contributed by atoms with Crippen molar-refractivity contribution in [2.45, 2.75) is 6.92 Å². The molecule has 0 saturated heterocycles. The smallest absolute Gasteiger partial charge is 0.337 e. The van der Waals surface area contributed by atoms with E-state index in [1.165, 1.54) is 37.1 Å². The largest absolute Gasteiger partial charge is 0.478 e. The van der Waals surface area contributed by atoms with Gasteiger partial charge in [0.15, 0.2) is 0 Å². The highest BCUT2D eigenvalue weighted by Gasteiger charge is 2.15. The van der Waals surface area contributed by atoms with Crippen molar-refractivity contribution in [2.24, 2.45) is 0 Å². The molecule has 7 heteroatoms. The molecule has 1 rings (SSSR count). The molecule has 21 heavy (non-hydrogen) atoms. The number of nitrogens with one attached hydrogen (secondary N) is 2. The summed E-state index contributed by atoms with van der Waals surface area (Å²) < 4.78 is 0. The van der Waals surface area contributed by atoms with Gasteiger partial charge in [-0.1, -0.05) is 5.92 Å². The van der Waals surface area contributed by atoms with E-state index in [9.17, 15) is 14.4 Å². The SMILES string of the molecule is C#CCN(C)C(=O)Nc1ccc(NC(C)=O)cc1C(=O)O. The molecule has 110 valence electrons. The zero-order chi connectivity index (χ0) is 16.0. The van der Waals surface area contributed by atoms with Gasteiger partial charge in [-0.3, -0.25) is 4.79 Å². The Hall–Kier alpha value is -3.01. The molecule has 0 saturated carbocycles. The summed E-state index contributed by atoms with van der Waals surface area (Å²) in [5.74, 6) is 0.756. The quantitative estimate of drug-likeness (QED) is 0.730. The van der Waals surface area contributed by atoms with Crippen molar-refractivity contribution in [3.63, 3.8) is 0 Å². The number of hydrogen-bond acceptors (Lipinski definition) is 3. The Balaban J connectivity index is 3.02. The molecule has 1 aromatic carbocycles. The predicted octanol–water partition coefficient (Wildman–Crippen LogP) is 1.44. The van der Waals surface area contributed by atoms with Crippen LogP contribution in [0.15, 0.2) is 18.2 Å². The summed E-state index contributed by atoms with van der Waals surface area (Å²) in [6.07, 6.45) is 5.10. The number of urea groups is 1. The summed E-state index contributed by atoms with van der Waals surface area (Å²) in [6.45, 7) is 1.41. The number of carboxylic acids is 1. The first-order chi connectivity index (χ1) is 9.85. The lowest BCUT2D eigenvalue weighted by Crippen LogP contribution is -2.32. The average molecular weight is 289 g/mol. The molecule has 0 unspecified atom stereocenters. The number of nitrogens with zero attached hydrogens (tertiary/aromatic N) is 1. The van der Waals surface area contributed by atoms with Gasteiger partial charge in [-0.25, -0.2) is 9.59 Å². The molecule has 0 heterocycles. The number of benzene rings is 1. The summed E-state index contributed by atoms with van der Waals surface area (Å²) in [5.41, 5.74) is 0.309. The van der Waals surface area contributed by atoms with Gasteiger partial charge in [0.1, 0.15) is 0 Å². The number of carbonyl (C=O) groups is 3. The van der Waals surface area contributed by atoms with E-state index in [0.717, 1.165) is 0 Å². The van der Waals surface area contributed by atoms with E-state index in [1.807, 2.05) is 0 Å². The van der Waals surface area contributed by atoms with Crippen LogP contribution < -0.4 is 10.6 Å². The number of rotatable bonds is 4. The van der Waals surface area contributed by atoms with E-state index in [2.05, 4.69) is 16.6 Å². The maximum Gasteiger partial charge on any atom is 0.337 e. The van der Waals surface area contributed by atoms with Gasteiger partial charge in [0.25, 0.3) is 0 Å². The molecule has 0 atom stereocenters. The number of anilines is 2. The normalized spacial score (nSPS) is 9.38. The van der Waals surface area contributed by atoms with Crippen molar-refractivity contribution in [3.05, 3.63) is 23.8 Å². The summed E-state index contributed by atoms with van der Waals surface area (Å²) in [6, 6.07) is 3.63. The molecule has 7 nitrogen and oxygen atoms in total. The fraction of sp³-hybridized carbons (Fsp3) is 0.214. The van der Waals surface area contributed by atoms with Crippen molar-refractivity contribution in [1.29, 1.82) is 0 Å². The van der Waals surface area contributed by atoms with Crippen LogP contribution in [0.5, 0.6) is 0 Å². The lowest BCUT2D eigenvalue weighted by Gasteiger charge is -2.16. The Morgan fingerprint density at radius 3 is 2.52 bits per heavy atom. The Kier molecular flexibility index (Phi) is 5.31. The molecule has 0 spiro atoms. The minimum absolute atomic E-state index is 0.0955.